The van der Waals surface area contributed by atoms with E-state index < -0.39 is 11.8 Å². The van der Waals surface area contributed by atoms with E-state index in [4.69, 9.17) is 9.47 Å². The first-order valence-electron chi connectivity index (χ1n) is 5.73. The molecule has 0 spiro atoms. The number of rotatable bonds is 8. The topological polar surface area (TPSA) is 38.8 Å². The number of thiophene rings is 1. The van der Waals surface area contributed by atoms with Crippen LogP contribution in [0.4, 0.5) is 8.78 Å². The van der Waals surface area contributed by atoms with Crippen LogP contribution in [0.15, 0.2) is 17.5 Å². The van der Waals surface area contributed by atoms with Crippen LogP contribution < -0.4 is 0 Å². The van der Waals surface area contributed by atoms with Gasteiger partial charge >= 0.3 is 5.92 Å². The van der Waals surface area contributed by atoms with Crippen molar-refractivity contribution in [3.63, 3.8) is 0 Å². The second-order valence-electron chi connectivity index (χ2n) is 3.83. The maximum absolute atomic E-state index is 14.0. The van der Waals surface area contributed by atoms with Gasteiger partial charge in [0.05, 0.1) is 18.1 Å². The molecule has 0 saturated heterocycles. The fourth-order valence-corrected chi connectivity index (χ4v) is 2.18. The summed E-state index contributed by atoms with van der Waals surface area (Å²) in [6.45, 7) is 0.630. The molecule has 0 fully saturated rings. The molecule has 0 atom stereocenters. The lowest BCUT2D eigenvalue weighted by molar-refractivity contribution is -0.159. The van der Waals surface area contributed by atoms with Crippen LogP contribution >= 0.6 is 11.3 Å². The van der Waals surface area contributed by atoms with Crippen LogP contribution in [-0.4, -0.2) is 51.3 Å². The molecular formula is C12H17F2NO3S. The molecular weight excluding hydrogens is 276 g/mol. The third-order valence-electron chi connectivity index (χ3n) is 2.52. The van der Waals surface area contributed by atoms with Crippen LogP contribution in [0.3, 0.4) is 0 Å². The van der Waals surface area contributed by atoms with Crippen molar-refractivity contribution < 1.29 is 23.0 Å². The van der Waals surface area contributed by atoms with E-state index in [0.717, 1.165) is 16.2 Å². The molecule has 7 heteroatoms. The summed E-state index contributed by atoms with van der Waals surface area (Å²) in [5.41, 5.74) is 0. The smallest absolute Gasteiger partial charge is 0.358 e. The SMILES string of the molecule is COCCN(CCOC)C(=O)C(F)(F)c1cccs1. The number of hydrogen-bond donors (Lipinski definition) is 0. The number of ether oxygens (including phenoxy) is 2. The highest BCUT2D eigenvalue weighted by atomic mass is 32.1. The molecule has 0 bridgehead atoms. The van der Waals surface area contributed by atoms with Crippen LogP contribution in [0.5, 0.6) is 0 Å². The molecule has 19 heavy (non-hydrogen) atoms. The predicted octanol–water partition coefficient (Wildman–Crippen LogP) is 1.96. The van der Waals surface area contributed by atoms with Crippen LogP contribution in [0.2, 0.25) is 0 Å². The van der Waals surface area contributed by atoms with Gasteiger partial charge in [0.15, 0.2) is 0 Å². The molecule has 1 aromatic heterocycles. The molecule has 0 N–H and O–H groups in total. The summed E-state index contributed by atoms with van der Waals surface area (Å²) in [7, 11) is 2.91. The summed E-state index contributed by atoms with van der Waals surface area (Å²) in [5.74, 6) is -4.72. The summed E-state index contributed by atoms with van der Waals surface area (Å²) >= 11 is 0.863. The second-order valence-corrected chi connectivity index (χ2v) is 4.78. The summed E-state index contributed by atoms with van der Waals surface area (Å²) in [6.07, 6.45) is 0. The maximum Gasteiger partial charge on any atom is 0.358 e. The van der Waals surface area contributed by atoms with E-state index in [1.165, 1.54) is 31.7 Å². The van der Waals surface area contributed by atoms with Crippen molar-refractivity contribution in [3.8, 4) is 0 Å². The molecule has 1 aromatic rings. The highest BCUT2D eigenvalue weighted by Gasteiger charge is 2.44. The Morgan fingerprint density at radius 3 is 2.32 bits per heavy atom. The maximum atomic E-state index is 14.0. The zero-order valence-electron chi connectivity index (χ0n) is 10.9. The van der Waals surface area contributed by atoms with Crippen LogP contribution in [0.1, 0.15) is 4.88 Å². The van der Waals surface area contributed by atoms with E-state index in [9.17, 15) is 13.6 Å². The molecule has 0 aromatic carbocycles. The number of hydrogen-bond acceptors (Lipinski definition) is 4. The zero-order valence-corrected chi connectivity index (χ0v) is 11.7. The Bertz CT molecular complexity index is 376. The number of alkyl halides is 2. The Labute approximate surface area is 114 Å². The minimum atomic E-state index is -3.50. The monoisotopic (exact) mass is 293 g/mol. The third-order valence-corrected chi connectivity index (χ3v) is 3.46. The number of nitrogens with zero attached hydrogens (tertiary/aromatic N) is 1. The van der Waals surface area contributed by atoms with E-state index in [0.29, 0.717) is 0 Å². The molecule has 1 rings (SSSR count). The van der Waals surface area contributed by atoms with Crippen LogP contribution in [0, 0.1) is 0 Å². The van der Waals surface area contributed by atoms with Crippen molar-refractivity contribution in [2.45, 2.75) is 5.92 Å². The summed E-state index contributed by atoms with van der Waals surface area (Å²) < 4.78 is 37.7. The first kappa shape index (κ1) is 16.0. The van der Waals surface area contributed by atoms with E-state index in [-0.39, 0.29) is 31.2 Å². The van der Waals surface area contributed by atoms with Crippen molar-refractivity contribution >= 4 is 17.2 Å². The lowest BCUT2D eigenvalue weighted by Gasteiger charge is -2.26. The van der Waals surface area contributed by atoms with E-state index >= 15 is 0 Å². The van der Waals surface area contributed by atoms with Gasteiger partial charge in [-0.2, -0.15) is 8.78 Å². The number of halogens is 2. The zero-order chi connectivity index (χ0) is 14.3. The minimum absolute atomic E-state index is 0.111. The fraction of sp³-hybridized carbons (Fsp3) is 0.583. The lowest BCUT2D eigenvalue weighted by atomic mass is 10.2. The third kappa shape index (κ3) is 4.22. The average Bonchev–Trinajstić information content (AvgIpc) is 2.93. The first-order chi connectivity index (χ1) is 9.04. The van der Waals surface area contributed by atoms with Gasteiger partial charge in [-0.05, 0) is 11.4 Å². The average molecular weight is 293 g/mol. The quantitative estimate of drug-likeness (QED) is 0.735. The van der Waals surface area contributed by atoms with Gasteiger partial charge in [-0.1, -0.05) is 6.07 Å². The number of methoxy groups -OCH3 is 2. The Morgan fingerprint density at radius 1 is 1.32 bits per heavy atom. The van der Waals surface area contributed by atoms with Gasteiger partial charge in [0.1, 0.15) is 0 Å². The van der Waals surface area contributed by atoms with E-state index in [1.54, 1.807) is 0 Å². The largest absolute Gasteiger partial charge is 0.383 e. The Morgan fingerprint density at radius 2 is 1.89 bits per heavy atom. The van der Waals surface area contributed by atoms with Crippen LogP contribution in [-0.2, 0) is 20.2 Å². The normalized spacial score (nSPS) is 11.6. The highest BCUT2D eigenvalue weighted by molar-refractivity contribution is 7.10. The first-order valence-corrected chi connectivity index (χ1v) is 6.61. The van der Waals surface area contributed by atoms with Gasteiger partial charge in [-0.15, -0.1) is 11.3 Å². The van der Waals surface area contributed by atoms with Gasteiger partial charge in [-0.25, -0.2) is 0 Å². The van der Waals surface area contributed by atoms with Crippen molar-refractivity contribution in [2.75, 3.05) is 40.5 Å². The van der Waals surface area contributed by atoms with Gasteiger partial charge in [0.2, 0.25) is 0 Å². The molecule has 0 aliphatic carbocycles. The molecule has 0 saturated carbocycles. The van der Waals surface area contributed by atoms with Gasteiger partial charge < -0.3 is 14.4 Å². The number of carbonyl (C=O) groups is 1. The van der Waals surface area contributed by atoms with Crippen molar-refractivity contribution in [1.29, 1.82) is 0 Å². The highest BCUT2D eigenvalue weighted by Crippen LogP contribution is 2.33. The Balaban J connectivity index is 2.79. The number of carbonyl (C=O) groups excluding carboxylic acids is 1. The summed E-state index contributed by atoms with van der Waals surface area (Å²) in [5, 5.41) is 1.52. The molecule has 4 nitrogen and oxygen atoms in total. The van der Waals surface area contributed by atoms with Crippen molar-refractivity contribution in [3.05, 3.63) is 22.4 Å². The minimum Gasteiger partial charge on any atom is -0.383 e. The second kappa shape index (κ2) is 7.52. The van der Waals surface area contributed by atoms with Crippen molar-refractivity contribution in [2.24, 2.45) is 0 Å². The van der Waals surface area contributed by atoms with Gasteiger partial charge in [0, 0.05) is 27.3 Å². The van der Waals surface area contributed by atoms with Gasteiger partial charge in [-0.3, -0.25) is 4.79 Å². The molecule has 108 valence electrons. The summed E-state index contributed by atoms with van der Waals surface area (Å²) in [6, 6.07) is 2.75. The Hall–Kier alpha value is -1.05. The molecule has 0 aliphatic rings. The fourth-order valence-electron chi connectivity index (χ4n) is 1.48. The molecule has 1 heterocycles. The van der Waals surface area contributed by atoms with Crippen LogP contribution in [0.25, 0.3) is 0 Å². The standard InChI is InChI=1S/C12H17F2NO3S/c1-17-7-5-15(6-8-18-2)11(16)12(13,14)10-4-3-9-19-10/h3-4,9H,5-8H2,1-2H3. The summed E-state index contributed by atoms with van der Waals surface area (Å²) in [4.78, 5) is 12.8. The predicted molar refractivity (Wildman–Crippen MR) is 68.5 cm³/mol. The van der Waals surface area contributed by atoms with Crippen molar-refractivity contribution in [1.82, 2.24) is 4.90 Å². The molecule has 0 radical (unpaired) electrons. The number of amides is 1. The Kier molecular flexibility index (Phi) is 6.33. The lowest BCUT2D eigenvalue weighted by Crippen LogP contribution is -2.44. The van der Waals surface area contributed by atoms with E-state index in [2.05, 4.69) is 0 Å². The van der Waals surface area contributed by atoms with Gasteiger partial charge in [0.25, 0.3) is 5.91 Å². The molecule has 1 amide bonds. The van der Waals surface area contributed by atoms with E-state index in [1.807, 2.05) is 0 Å². The molecule has 0 unspecified atom stereocenters. The molecule has 0 aliphatic heterocycles.